The largest absolute Gasteiger partial charge is 0.508 e. The topological polar surface area (TPSA) is 244 Å². The van der Waals surface area contributed by atoms with Crippen molar-refractivity contribution in [1.29, 1.82) is 0 Å². The highest BCUT2D eigenvalue weighted by Crippen LogP contribution is 2.04. The van der Waals surface area contributed by atoms with Crippen molar-refractivity contribution in [3.63, 3.8) is 0 Å². The Morgan fingerprint density at radius 1 is 0.373 bits per heavy atom. The number of esters is 3. The van der Waals surface area contributed by atoms with E-state index in [4.69, 9.17) is 71.1 Å². The normalized spacial score (nSPS) is 11.3. The molecule has 1 unspecified atom stereocenters. The first kappa shape index (κ1) is 54.8. The molecule has 0 aromatic carbocycles. The summed E-state index contributed by atoms with van der Waals surface area (Å²) in [6.07, 6.45) is -4.24. The predicted molar refractivity (Wildman–Crippen MR) is 203 cm³/mol. The van der Waals surface area contributed by atoms with Gasteiger partial charge < -0.3 is 76.2 Å². The number of hydrogen-bond acceptors (Lipinski definition) is 21. The molecule has 0 aromatic heterocycles. The van der Waals surface area contributed by atoms with Gasteiger partial charge in [-0.05, 0) is 20.8 Å². The van der Waals surface area contributed by atoms with Crippen molar-refractivity contribution >= 4 is 30.2 Å². The Morgan fingerprint density at radius 2 is 0.593 bits per heavy atom. The molecule has 0 amide bonds. The van der Waals surface area contributed by atoms with Crippen molar-refractivity contribution in [3.05, 3.63) is 36.5 Å². The molecule has 0 aromatic rings. The lowest BCUT2D eigenvalue weighted by Crippen LogP contribution is -2.31. The van der Waals surface area contributed by atoms with E-state index < -0.39 is 49.0 Å². The van der Waals surface area contributed by atoms with Gasteiger partial charge in [0.2, 0.25) is 0 Å². The van der Waals surface area contributed by atoms with Gasteiger partial charge in [0.05, 0.1) is 112 Å². The lowest BCUT2D eigenvalue weighted by molar-refractivity contribution is -0.149. The number of carbonyl (C=O) groups excluding carboxylic acids is 5. The number of ether oxygens (including phenoxy) is 15. The van der Waals surface area contributed by atoms with Crippen molar-refractivity contribution in [1.82, 2.24) is 0 Å². The van der Waals surface area contributed by atoms with E-state index in [0.29, 0.717) is 79.3 Å². The van der Waals surface area contributed by atoms with Gasteiger partial charge in [-0.2, -0.15) is 0 Å². The second-order valence-electron chi connectivity index (χ2n) is 11.9. The maximum Gasteiger partial charge on any atom is 0.508 e. The summed E-state index contributed by atoms with van der Waals surface area (Å²) in [4.78, 5) is 58.3. The molecule has 0 spiro atoms. The van der Waals surface area contributed by atoms with E-state index in [9.17, 15) is 29.1 Å². The fourth-order valence-electron chi connectivity index (χ4n) is 3.47. The molecule has 0 aliphatic carbocycles. The predicted octanol–water partition coefficient (Wildman–Crippen LogP) is 1.51. The third-order valence-corrected chi connectivity index (χ3v) is 6.47. The number of aliphatic hydroxyl groups is 1. The molecule has 1 atom stereocenters. The van der Waals surface area contributed by atoms with Gasteiger partial charge in [0, 0.05) is 16.7 Å². The van der Waals surface area contributed by atoms with E-state index in [1.54, 1.807) is 0 Å². The second-order valence-corrected chi connectivity index (χ2v) is 11.9. The van der Waals surface area contributed by atoms with Crippen LogP contribution >= 0.6 is 0 Å². The van der Waals surface area contributed by atoms with E-state index in [2.05, 4.69) is 19.7 Å². The first-order valence-electron chi connectivity index (χ1n) is 18.7. The number of hydrogen-bond donors (Lipinski definition) is 1. The first-order chi connectivity index (χ1) is 28.4. The fourth-order valence-corrected chi connectivity index (χ4v) is 3.47. The Balaban J connectivity index is 3.52. The van der Waals surface area contributed by atoms with E-state index in [0.717, 1.165) is 0 Å². The van der Waals surface area contributed by atoms with Gasteiger partial charge >= 0.3 is 30.2 Å². The molecule has 340 valence electrons. The monoisotopic (exact) mass is 854 g/mol. The zero-order chi connectivity index (χ0) is 43.9. The van der Waals surface area contributed by atoms with Crippen LogP contribution in [0.5, 0.6) is 0 Å². The molecule has 0 heterocycles. The van der Waals surface area contributed by atoms with Gasteiger partial charge in [0.25, 0.3) is 0 Å². The van der Waals surface area contributed by atoms with Crippen molar-refractivity contribution < 1.29 is 100 Å². The van der Waals surface area contributed by atoms with Crippen LogP contribution in [0.2, 0.25) is 0 Å². The molecule has 21 heteroatoms. The number of rotatable bonds is 39. The molecular weight excluding hydrogens is 792 g/mol. The summed E-state index contributed by atoms with van der Waals surface area (Å²) in [5.74, 6) is -2.05. The number of carbonyl (C=O) groups is 5. The first-order valence-corrected chi connectivity index (χ1v) is 18.7. The zero-order valence-corrected chi connectivity index (χ0v) is 34.4. The van der Waals surface area contributed by atoms with E-state index in [1.807, 2.05) is 0 Å². The third kappa shape index (κ3) is 35.5. The van der Waals surface area contributed by atoms with Crippen molar-refractivity contribution in [2.24, 2.45) is 0 Å². The van der Waals surface area contributed by atoms with Crippen LogP contribution in [0.3, 0.4) is 0 Å². The molecular formula is C38H62O21. The van der Waals surface area contributed by atoms with Gasteiger partial charge in [0.1, 0.15) is 33.0 Å². The zero-order valence-electron chi connectivity index (χ0n) is 34.4. The Morgan fingerprint density at radius 3 is 0.831 bits per heavy atom. The SMILES string of the molecule is C=C(C)C(=O)OCC(CO)OC(=O)OCCOCCOCCOCCOCCOCCOCCOCCOCCOC(=O)OC(COC(=O)C(=C)C)COC(=O)C(=C)C. The van der Waals surface area contributed by atoms with E-state index in [1.165, 1.54) is 20.8 Å². The van der Waals surface area contributed by atoms with Crippen LogP contribution in [-0.4, -0.2) is 193 Å². The molecule has 0 saturated heterocycles. The van der Waals surface area contributed by atoms with Crippen molar-refractivity contribution in [2.45, 2.75) is 33.0 Å². The molecule has 59 heavy (non-hydrogen) atoms. The Bertz CT molecular complexity index is 1180. The summed E-state index contributed by atoms with van der Waals surface area (Å²) < 4.78 is 77.7. The van der Waals surface area contributed by atoms with Crippen LogP contribution in [0.25, 0.3) is 0 Å². The quantitative estimate of drug-likeness (QED) is 0.0399. The van der Waals surface area contributed by atoms with Gasteiger partial charge in [-0.15, -0.1) is 0 Å². The molecule has 0 aliphatic heterocycles. The summed E-state index contributed by atoms with van der Waals surface area (Å²) in [7, 11) is 0. The maximum absolute atomic E-state index is 12.0. The molecule has 0 bridgehead atoms. The third-order valence-electron chi connectivity index (χ3n) is 6.47. The van der Waals surface area contributed by atoms with Gasteiger partial charge in [-0.3, -0.25) is 0 Å². The summed E-state index contributed by atoms with van der Waals surface area (Å²) in [5.41, 5.74) is 0.480. The molecule has 21 nitrogen and oxygen atoms in total. The minimum atomic E-state index is -1.10. The average Bonchev–Trinajstić information content (AvgIpc) is 3.20. The standard InChI is InChI=1S/C38H62O21/c1-29(2)34(40)55-26-32(25-39)58-37(43)53-23-21-51-19-17-49-15-13-47-11-9-45-7-8-46-10-12-48-14-16-50-18-20-52-22-24-54-38(44)59-33(27-56-35(41)30(3)4)28-57-36(42)31(5)6/h32-33,39H,1,3,5,7-28H2,2,4,6H3. The smallest absolute Gasteiger partial charge is 0.458 e. The highest BCUT2D eigenvalue weighted by atomic mass is 16.7. The Kier molecular flexibility index (Phi) is 35.3. The van der Waals surface area contributed by atoms with Crippen LogP contribution in [0, 0.1) is 0 Å². The highest BCUT2D eigenvalue weighted by molar-refractivity contribution is 5.87. The molecule has 0 radical (unpaired) electrons. The van der Waals surface area contributed by atoms with Gasteiger partial charge in [-0.1, -0.05) is 19.7 Å². The Labute approximate surface area is 344 Å². The summed E-state index contributed by atoms with van der Waals surface area (Å²) in [6.45, 7) is 18.1. The van der Waals surface area contributed by atoms with E-state index in [-0.39, 0.29) is 76.2 Å². The minimum absolute atomic E-state index is 0.0742. The number of aliphatic hydroxyl groups excluding tert-OH is 1. The molecule has 0 rings (SSSR count). The minimum Gasteiger partial charge on any atom is -0.458 e. The highest BCUT2D eigenvalue weighted by Gasteiger charge is 2.21. The molecule has 0 saturated carbocycles. The Hall–Kier alpha value is -4.19. The lowest BCUT2D eigenvalue weighted by atomic mass is 10.3. The molecule has 0 fully saturated rings. The van der Waals surface area contributed by atoms with Gasteiger partial charge in [0.15, 0.2) is 12.2 Å². The van der Waals surface area contributed by atoms with Crippen LogP contribution in [0.15, 0.2) is 36.5 Å². The van der Waals surface area contributed by atoms with E-state index >= 15 is 0 Å². The van der Waals surface area contributed by atoms with Crippen LogP contribution < -0.4 is 0 Å². The van der Waals surface area contributed by atoms with Crippen LogP contribution in [-0.2, 0) is 85.4 Å². The fraction of sp³-hybridized carbons (Fsp3) is 0.711. The summed E-state index contributed by atoms with van der Waals surface area (Å²) in [6, 6.07) is 0. The average molecular weight is 855 g/mol. The van der Waals surface area contributed by atoms with Crippen LogP contribution in [0.1, 0.15) is 20.8 Å². The van der Waals surface area contributed by atoms with Gasteiger partial charge in [-0.25, -0.2) is 24.0 Å². The molecule has 1 N–H and O–H groups in total. The summed E-state index contributed by atoms with van der Waals surface area (Å²) in [5, 5.41) is 9.22. The lowest BCUT2D eigenvalue weighted by Gasteiger charge is -2.18. The van der Waals surface area contributed by atoms with Crippen molar-refractivity contribution in [3.8, 4) is 0 Å². The van der Waals surface area contributed by atoms with Crippen LogP contribution in [0.4, 0.5) is 9.59 Å². The van der Waals surface area contributed by atoms with Crippen molar-refractivity contribution in [2.75, 3.05) is 145 Å². The summed E-state index contributed by atoms with van der Waals surface area (Å²) >= 11 is 0. The maximum atomic E-state index is 12.0. The molecule has 0 aliphatic rings. The second kappa shape index (κ2) is 38.0.